The summed E-state index contributed by atoms with van der Waals surface area (Å²) in [7, 11) is 1.33. The molecule has 0 amide bonds. The molecule has 2 aromatic rings. The Bertz CT molecular complexity index is 626. The number of carbonyl (C=O) groups excluding carboxylic acids is 1. The topological polar surface area (TPSA) is 77.2 Å². The van der Waals surface area contributed by atoms with Crippen molar-refractivity contribution >= 4 is 17.3 Å². The van der Waals surface area contributed by atoms with E-state index in [4.69, 9.17) is 10.5 Å². The highest BCUT2D eigenvalue weighted by Gasteiger charge is 2.12. The van der Waals surface area contributed by atoms with Crippen LogP contribution in [0.5, 0.6) is 0 Å². The number of rotatable bonds is 4. The summed E-state index contributed by atoms with van der Waals surface area (Å²) < 4.78 is 4.69. The average molecular weight is 271 g/mol. The lowest BCUT2D eigenvalue weighted by Gasteiger charge is -2.11. The van der Waals surface area contributed by atoms with E-state index in [9.17, 15) is 4.79 Å². The second-order valence-electron chi connectivity index (χ2n) is 4.38. The van der Waals surface area contributed by atoms with E-state index in [1.807, 2.05) is 31.2 Å². The highest BCUT2D eigenvalue weighted by Crippen LogP contribution is 2.23. The number of ether oxygens (including phenoxy) is 1. The number of esters is 1. The fourth-order valence-electron chi connectivity index (χ4n) is 1.89. The van der Waals surface area contributed by atoms with Crippen LogP contribution in [-0.2, 0) is 11.3 Å². The molecule has 5 nitrogen and oxygen atoms in total. The largest absolute Gasteiger partial charge is 0.465 e. The minimum atomic E-state index is -0.445. The number of methoxy groups -OCH3 is 1. The molecule has 0 aliphatic rings. The molecule has 20 heavy (non-hydrogen) atoms. The van der Waals surface area contributed by atoms with Crippen molar-refractivity contribution in [1.29, 1.82) is 0 Å². The minimum Gasteiger partial charge on any atom is -0.465 e. The first-order chi connectivity index (χ1) is 9.61. The molecule has 3 N–H and O–H groups in total. The SMILES string of the molecule is COC(=O)c1cccc(NCc2cccc(C)n2)c1N. The Labute approximate surface area is 117 Å². The van der Waals surface area contributed by atoms with E-state index in [2.05, 4.69) is 10.3 Å². The summed E-state index contributed by atoms with van der Waals surface area (Å²) in [6.45, 7) is 2.48. The number of anilines is 2. The number of pyridine rings is 1. The van der Waals surface area contributed by atoms with Crippen LogP contribution in [0.3, 0.4) is 0 Å². The van der Waals surface area contributed by atoms with E-state index in [0.717, 1.165) is 11.4 Å². The van der Waals surface area contributed by atoms with Gasteiger partial charge < -0.3 is 15.8 Å². The monoisotopic (exact) mass is 271 g/mol. The van der Waals surface area contributed by atoms with Crippen LogP contribution in [0.25, 0.3) is 0 Å². The molecule has 1 heterocycles. The van der Waals surface area contributed by atoms with Gasteiger partial charge >= 0.3 is 5.97 Å². The first-order valence-electron chi connectivity index (χ1n) is 6.25. The van der Waals surface area contributed by atoms with E-state index in [-0.39, 0.29) is 0 Å². The number of carbonyl (C=O) groups is 1. The number of para-hydroxylation sites is 1. The lowest BCUT2D eigenvalue weighted by Crippen LogP contribution is -2.09. The van der Waals surface area contributed by atoms with Gasteiger partial charge in [0.1, 0.15) is 0 Å². The molecular weight excluding hydrogens is 254 g/mol. The lowest BCUT2D eigenvalue weighted by molar-refractivity contribution is 0.0602. The highest BCUT2D eigenvalue weighted by molar-refractivity contribution is 5.98. The third-order valence-corrected chi connectivity index (χ3v) is 2.92. The smallest absolute Gasteiger partial charge is 0.340 e. The van der Waals surface area contributed by atoms with Crippen LogP contribution >= 0.6 is 0 Å². The molecule has 1 aromatic heterocycles. The summed E-state index contributed by atoms with van der Waals surface area (Å²) in [6, 6.07) is 11.0. The van der Waals surface area contributed by atoms with Crippen molar-refractivity contribution in [2.75, 3.05) is 18.2 Å². The van der Waals surface area contributed by atoms with E-state index in [1.165, 1.54) is 7.11 Å². The molecule has 0 radical (unpaired) electrons. The molecule has 2 rings (SSSR count). The summed E-state index contributed by atoms with van der Waals surface area (Å²) in [5.41, 5.74) is 9.27. The van der Waals surface area contributed by atoms with Crippen molar-refractivity contribution in [1.82, 2.24) is 4.98 Å². The fraction of sp³-hybridized carbons (Fsp3) is 0.200. The van der Waals surface area contributed by atoms with Crippen molar-refractivity contribution in [3.63, 3.8) is 0 Å². The number of hydrogen-bond acceptors (Lipinski definition) is 5. The van der Waals surface area contributed by atoms with Crippen LogP contribution in [0, 0.1) is 6.92 Å². The van der Waals surface area contributed by atoms with Crippen LogP contribution in [0.4, 0.5) is 11.4 Å². The molecular formula is C15H17N3O2. The Morgan fingerprint density at radius 1 is 1.30 bits per heavy atom. The quantitative estimate of drug-likeness (QED) is 0.659. The standard InChI is InChI=1S/C15H17N3O2/c1-10-5-3-6-11(18-10)9-17-13-8-4-7-12(14(13)16)15(19)20-2/h3-8,17H,9,16H2,1-2H3. The zero-order valence-electron chi connectivity index (χ0n) is 11.5. The second-order valence-corrected chi connectivity index (χ2v) is 4.38. The van der Waals surface area contributed by atoms with Gasteiger partial charge in [-0.1, -0.05) is 12.1 Å². The van der Waals surface area contributed by atoms with Gasteiger partial charge in [0, 0.05) is 5.69 Å². The molecule has 0 spiro atoms. The number of nitrogens with two attached hydrogens (primary N) is 1. The van der Waals surface area contributed by atoms with Crippen molar-refractivity contribution in [2.45, 2.75) is 13.5 Å². The molecule has 0 bridgehead atoms. The van der Waals surface area contributed by atoms with Gasteiger partial charge in [-0.15, -0.1) is 0 Å². The molecule has 0 saturated carbocycles. The van der Waals surface area contributed by atoms with Gasteiger partial charge in [-0.05, 0) is 31.2 Å². The van der Waals surface area contributed by atoms with E-state index < -0.39 is 5.97 Å². The van der Waals surface area contributed by atoms with Gasteiger partial charge in [-0.2, -0.15) is 0 Å². The van der Waals surface area contributed by atoms with Gasteiger partial charge in [0.25, 0.3) is 0 Å². The molecule has 0 fully saturated rings. The van der Waals surface area contributed by atoms with Crippen molar-refractivity contribution < 1.29 is 9.53 Å². The van der Waals surface area contributed by atoms with Gasteiger partial charge in [0.2, 0.25) is 0 Å². The van der Waals surface area contributed by atoms with Gasteiger partial charge in [0.05, 0.1) is 36.3 Å². The molecule has 0 saturated heterocycles. The number of nitrogens with zero attached hydrogens (tertiary/aromatic N) is 1. The number of benzene rings is 1. The number of aromatic nitrogens is 1. The molecule has 104 valence electrons. The molecule has 0 aliphatic heterocycles. The molecule has 0 aliphatic carbocycles. The summed E-state index contributed by atoms with van der Waals surface area (Å²) in [4.78, 5) is 16.0. The average Bonchev–Trinajstić information content (AvgIpc) is 2.45. The summed E-state index contributed by atoms with van der Waals surface area (Å²) >= 11 is 0. The molecule has 0 unspecified atom stereocenters. The van der Waals surface area contributed by atoms with Crippen molar-refractivity contribution in [3.05, 3.63) is 53.3 Å². The van der Waals surface area contributed by atoms with Gasteiger partial charge in [-0.25, -0.2) is 4.79 Å². The summed E-state index contributed by atoms with van der Waals surface area (Å²) in [5, 5.41) is 3.18. The van der Waals surface area contributed by atoms with Crippen molar-refractivity contribution in [3.8, 4) is 0 Å². The minimum absolute atomic E-state index is 0.356. The predicted octanol–water partition coefficient (Wildman–Crippen LogP) is 2.37. The number of aryl methyl sites for hydroxylation is 1. The zero-order chi connectivity index (χ0) is 14.5. The van der Waals surface area contributed by atoms with E-state index >= 15 is 0 Å². The maximum atomic E-state index is 11.6. The third-order valence-electron chi connectivity index (χ3n) is 2.92. The zero-order valence-corrected chi connectivity index (χ0v) is 11.5. The number of nitrogen functional groups attached to an aromatic ring is 1. The Balaban J connectivity index is 2.16. The Morgan fingerprint density at radius 3 is 2.75 bits per heavy atom. The second kappa shape index (κ2) is 6.06. The Morgan fingerprint density at radius 2 is 2.05 bits per heavy atom. The summed E-state index contributed by atoms with van der Waals surface area (Å²) in [5.74, 6) is -0.445. The number of hydrogen-bond donors (Lipinski definition) is 2. The van der Waals surface area contributed by atoms with Gasteiger partial charge in [0.15, 0.2) is 0 Å². The molecule has 5 heteroatoms. The summed E-state index contributed by atoms with van der Waals surface area (Å²) in [6.07, 6.45) is 0. The molecule has 1 aromatic carbocycles. The Hall–Kier alpha value is -2.56. The fourth-order valence-corrected chi connectivity index (χ4v) is 1.89. The highest BCUT2D eigenvalue weighted by atomic mass is 16.5. The molecule has 0 atom stereocenters. The van der Waals surface area contributed by atoms with Crippen molar-refractivity contribution in [2.24, 2.45) is 0 Å². The van der Waals surface area contributed by atoms with E-state index in [1.54, 1.807) is 12.1 Å². The van der Waals surface area contributed by atoms with Crippen LogP contribution in [0.1, 0.15) is 21.7 Å². The first kappa shape index (κ1) is 13.9. The number of nitrogens with one attached hydrogen (secondary N) is 1. The van der Waals surface area contributed by atoms with Crippen LogP contribution in [0.15, 0.2) is 36.4 Å². The van der Waals surface area contributed by atoms with Gasteiger partial charge in [-0.3, -0.25) is 4.98 Å². The predicted molar refractivity (Wildman–Crippen MR) is 78.5 cm³/mol. The van der Waals surface area contributed by atoms with Crippen LogP contribution in [0.2, 0.25) is 0 Å². The first-order valence-corrected chi connectivity index (χ1v) is 6.25. The van der Waals surface area contributed by atoms with Crippen LogP contribution < -0.4 is 11.1 Å². The maximum Gasteiger partial charge on any atom is 0.340 e. The normalized spacial score (nSPS) is 10.1. The van der Waals surface area contributed by atoms with Crippen LogP contribution in [-0.4, -0.2) is 18.1 Å². The maximum absolute atomic E-state index is 11.6. The third kappa shape index (κ3) is 3.06. The Kier molecular flexibility index (Phi) is 4.20. The van der Waals surface area contributed by atoms with E-state index in [0.29, 0.717) is 23.5 Å². The lowest BCUT2D eigenvalue weighted by atomic mass is 10.1.